The van der Waals surface area contributed by atoms with Gasteiger partial charge in [0, 0.05) is 11.8 Å². The Hall–Kier alpha value is -1.22. The van der Waals surface area contributed by atoms with Gasteiger partial charge in [-0.05, 0) is 38.5 Å². The molecule has 0 saturated heterocycles. The average Bonchev–Trinajstić information content (AvgIpc) is 2.37. The second-order valence-corrected chi connectivity index (χ2v) is 5.33. The van der Waals surface area contributed by atoms with Crippen LogP contribution in [-0.2, 0) is 4.79 Å². The largest absolute Gasteiger partial charge is 0.491 e. The number of carbonyl (C=O) groups excluding carboxylic acids is 1. The molecule has 0 aliphatic carbocycles. The monoisotopic (exact) mass is 283 g/mol. The van der Waals surface area contributed by atoms with Crippen molar-refractivity contribution in [1.82, 2.24) is 5.32 Å². The van der Waals surface area contributed by atoms with Gasteiger partial charge in [0.25, 0.3) is 0 Å². The van der Waals surface area contributed by atoms with Crippen molar-refractivity contribution in [3.8, 4) is 5.75 Å². The molecule has 0 fully saturated rings. The standard InChI is InChI=1S/C15H22ClNO2/c1-10(2)19-14-7-5-6-13(8-14)12(4)17-15(18)11(3)9-16/h5-8,10-12H,9H2,1-4H3,(H,17,18). The average molecular weight is 284 g/mol. The van der Waals surface area contributed by atoms with E-state index in [2.05, 4.69) is 5.32 Å². The van der Waals surface area contributed by atoms with Crippen molar-refractivity contribution in [2.24, 2.45) is 5.92 Å². The SMILES string of the molecule is CC(C)Oc1cccc(C(C)NC(=O)C(C)CCl)c1. The number of amides is 1. The highest BCUT2D eigenvalue weighted by atomic mass is 35.5. The Morgan fingerprint density at radius 3 is 2.58 bits per heavy atom. The molecular weight excluding hydrogens is 262 g/mol. The van der Waals surface area contributed by atoms with Crippen LogP contribution < -0.4 is 10.1 Å². The van der Waals surface area contributed by atoms with Crippen LogP contribution in [0, 0.1) is 5.92 Å². The van der Waals surface area contributed by atoms with Gasteiger partial charge in [-0.1, -0.05) is 19.1 Å². The maximum atomic E-state index is 11.8. The predicted molar refractivity (Wildman–Crippen MR) is 78.6 cm³/mol. The van der Waals surface area contributed by atoms with Crippen molar-refractivity contribution < 1.29 is 9.53 Å². The summed E-state index contributed by atoms with van der Waals surface area (Å²) < 4.78 is 5.64. The van der Waals surface area contributed by atoms with Gasteiger partial charge in [0.05, 0.1) is 12.1 Å². The summed E-state index contributed by atoms with van der Waals surface area (Å²) >= 11 is 5.68. The van der Waals surface area contributed by atoms with Crippen LogP contribution in [0.3, 0.4) is 0 Å². The minimum Gasteiger partial charge on any atom is -0.491 e. The molecule has 2 atom stereocenters. The van der Waals surface area contributed by atoms with Gasteiger partial charge >= 0.3 is 0 Å². The summed E-state index contributed by atoms with van der Waals surface area (Å²) in [5.41, 5.74) is 1.02. The van der Waals surface area contributed by atoms with E-state index in [9.17, 15) is 4.79 Å². The molecule has 1 amide bonds. The minimum atomic E-state index is -0.181. The maximum absolute atomic E-state index is 11.8. The van der Waals surface area contributed by atoms with Crippen molar-refractivity contribution in [1.29, 1.82) is 0 Å². The summed E-state index contributed by atoms with van der Waals surface area (Å²) in [6.07, 6.45) is 0.136. The predicted octanol–water partition coefficient (Wildman–Crippen LogP) is 3.53. The van der Waals surface area contributed by atoms with Gasteiger partial charge in [0.15, 0.2) is 0 Å². The summed E-state index contributed by atoms with van der Waals surface area (Å²) in [5, 5.41) is 2.95. The van der Waals surface area contributed by atoms with Crippen LogP contribution in [0.15, 0.2) is 24.3 Å². The number of hydrogen-bond acceptors (Lipinski definition) is 2. The molecule has 0 spiro atoms. The zero-order chi connectivity index (χ0) is 14.4. The Morgan fingerprint density at radius 1 is 1.32 bits per heavy atom. The Kier molecular flexibility index (Phi) is 6.16. The Morgan fingerprint density at radius 2 is 2.00 bits per heavy atom. The lowest BCUT2D eigenvalue weighted by Gasteiger charge is -2.18. The van der Waals surface area contributed by atoms with Crippen molar-refractivity contribution in [3.63, 3.8) is 0 Å². The molecule has 0 aliphatic rings. The molecule has 3 nitrogen and oxygen atoms in total. The van der Waals surface area contributed by atoms with Gasteiger partial charge in [0.1, 0.15) is 5.75 Å². The summed E-state index contributed by atoms with van der Waals surface area (Å²) in [4.78, 5) is 11.8. The molecule has 0 aliphatic heterocycles. The maximum Gasteiger partial charge on any atom is 0.224 e. The number of carbonyl (C=O) groups is 1. The zero-order valence-electron chi connectivity index (χ0n) is 11.9. The highest BCUT2D eigenvalue weighted by Crippen LogP contribution is 2.20. The van der Waals surface area contributed by atoms with Gasteiger partial charge in [-0.2, -0.15) is 0 Å². The van der Waals surface area contributed by atoms with E-state index in [1.165, 1.54) is 0 Å². The molecule has 0 bridgehead atoms. The second-order valence-electron chi connectivity index (χ2n) is 5.02. The van der Waals surface area contributed by atoms with Crippen molar-refractivity contribution >= 4 is 17.5 Å². The molecule has 1 N–H and O–H groups in total. The zero-order valence-corrected chi connectivity index (χ0v) is 12.7. The van der Waals surface area contributed by atoms with Crippen LogP contribution >= 0.6 is 11.6 Å². The fraction of sp³-hybridized carbons (Fsp3) is 0.533. The van der Waals surface area contributed by atoms with Crippen LogP contribution in [0.5, 0.6) is 5.75 Å². The molecular formula is C15H22ClNO2. The molecule has 0 heterocycles. The second kappa shape index (κ2) is 7.39. The molecule has 0 radical (unpaired) electrons. The summed E-state index contributed by atoms with van der Waals surface area (Å²) in [7, 11) is 0. The molecule has 1 aromatic carbocycles. The first-order chi connectivity index (χ1) is 8.93. The first-order valence-electron chi connectivity index (χ1n) is 6.57. The Balaban J connectivity index is 2.71. The Bertz CT molecular complexity index is 420. The van der Waals surface area contributed by atoms with E-state index in [0.29, 0.717) is 5.88 Å². The third kappa shape index (κ3) is 5.11. The van der Waals surface area contributed by atoms with Gasteiger partial charge in [0.2, 0.25) is 5.91 Å². The lowest BCUT2D eigenvalue weighted by atomic mass is 10.1. The normalized spacial score (nSPS) is 14.0. The van der Waals surface area contributed by atoms with Crippen LogP contribution in [0.25, 0.3) is 0 Å². The number of alkyl halides is 1. The molecule has 1 aromatic rings. The Labute approximate surface area is 120 Å². The lowest BCUT2D eigenvalue weighted by molar-refractivity contribution is -0.124. The number of ether oxygens (including phenoxy) is 1. The number of benzene rings is 1. The summed E-state index contributed by atoms with van der Waals surface area (Å²) in [6.45, 7) is 7.74. The first kappa shape index (κ1) is 15.8. The molecule has 1 rings (SSSR count). The molecule has 19 heavy (non-hydrogen) atoms. The van der Waals surface area contributed by atoms with E-state index in [0.717, 1.165) is 11.3 Å². The van der Waals surface area contributed by atoms with Crippen LogP contribution in [-0.4, -0.2) is 17.9 Å². The number of rotatable bonds is 6. The number of halogens is 1. The van der Waals surface area contributed by atoms with E-state index in [4.69, 9.17) is 16.3 Å². The van der Waals surface area contributed by atoms with Crippen molar-refractivity contribution in [2.75, 3.05) is 5.88 Å². The third-order valence-electron chi connectivity index (χ3n) is 2.77. The summed E-state index contributed by atoms with van der Waals surface area (Å²) in [6, 6.07) is 7.72. The quantitative estimate of drug-likeness (QED) is 0.811. The summed E-state index contributed by atoms with van der Waals surface area (Å²) in [5.74, 6) is 0.936. The molecule has 106 valence electrons. The van der Waals surface area contributed by atoms with E-state index in [-0.39, 0.29) is 24.0 Å². The van der Waals surface area contributed by atoms with Crippen LogP contribution in [0.4, 0.5) is 0 Å². The van der Waals surface area contributed by atoms with Gasteiger partial charge in [-0.15, -0.1) is 11.6 Å². The molecule has 4 heteroatoms. The van der Waals surface area contributed by atoms with E-state index in [1.54, 1.807) is 0 Å². The van der Waals surface area contributed by atoms with Gasteiger partial charge < -0.3 is 10.1 Å². The topological polar surface area (TPSA) is 38.3 Å². The highest BCUT2D eigenvalue weighted by Gasteiger charge is 2.15. The number of nitrogens with one attached hydrogen (secondary N) is 1. The van der Waals surface area contributed by atoms with Crippen molar-refractivity contribution in [2.45, 2.75) is 39.8 Å². The molecule has 0 saturated carbocycles. The third-order valence-corrected chi connectivity index (χ3v) is 3.23. The van der Waals surface area contributed by atoms with Crippen LogP contribution in [0.2, 0.25) is 0 Å². The van der Waals surface area contributed by atoms with Gasteiger partial charge in [-0.25, -0.2) is 0 Å². The number of hydrogen-bond donors (Lipinski definition) is 1. The fourth-order valence-electron chi connectivity index (χ4n) is 1.64. The fourth-order valence-corrected chi connectivity index (χ4v) is 1.78. The van der Waals surface area contributed by atoms with Crippen LogP contribution in [0.1, 0.15) is 39.3 Å². The smallest absolute Gasteiger partial charge is 0.224 e. The molecule has 2 unspecified atom stereocenters. The van der Waals surface area contributed by atoms with Crippen molar-refractivity contribution in [3.05, 3.63) is 29.8 Å². The highest BCUT2D eigenvalue weighted by molar-refractivity contribution is 6.19. The minimum absolute atomic E-state index is 0.0299. The lowest BCUT2D eigenvalue weighted by Crippen LogP contribution is -2.32. The van der Waals surface area contributed by atoms with E-state index < -0.39 is 0 Å². The van der Waals surface area contributed by atoms with Gasteiger partial charge in [-0.3, -0.25) is 4.79 Å². The van der Waals surface area contributed by atoms with E-state index in [1.807, 2.05) is 52.0 Å². The first-order valence-corrected chi connectivity index (χ1v) is 7.10. The molecule has 0 aromatic heterocycles. The van der Waals surface area contributed by atoms with E-state index >= 15 is 0 Å².